The molecule has 1 aromatic carbocycles. The van der Waals surface area contributed by atoms with Crippen molar-refractivity contribution in [2.24, 2.45) is 0 Å². The number of anilines is 1. The van der Waals surface area contributed by atoms with E-state index in [-0.39, 0.29) is 17.4 Å². The predicted molar refractivity (Wildman–Crippen MR) is 64.0 cm³/mol. The third-order valence-electron chi connectivity index (χ3n) is 2.00. The molecule has 5 heteroatoms. The second-order valence-corrected chi connectivity index (χ2v) is 3.64. The van der Waals surface area contributed by atoms with Gasteiger partial charge in [0.15, 0.2) is 0 Å². The minimum absolute atomic E-state index is 0.0392. The van der Waals surface area contributed by atoms with E-state index in [1.165, 1.54) is 19.2 Å². The number of hydrogen-bond acceptors (Lipinski definition) is 3. The maximum absolute atomic E-state index is 13.1. The van der Waals surface area contributed by atoms with Crippen LogP contribution in [0.4, 0.5) is 10.1 Å². The monoisotopic (exact) mass is 255 g/mol. The molecule has 0 aromatic heterocycles. The van der Waals surface area contributed by atoms with Crippen molar-refractivity contribution < 1.29 is 13.9 Å². The number of methoxy groups -OCH3 is 1. The lowest BCUT2D eigenvalue weighted by atomic mass is 10.1. The third-order valence-corrected chi connectivity index (χ3v) is 2.29. The van der Waals surface area contributed by atoms with Crippen LogP contribution in [-0.2, 0) is 9.53 Å². The zero-order valence-electron chi connectivity index (χ0n) is 9.22. The van der Waals surface area contributed by atoms with Gasteiger partial charge in [0.1, 0.15) is 5.82 Å². The first-order chi connectivity index (χ1) is 8.04. The molecule has 3 nitrogen and oxygen atoms in total. The molecule has 0 fully saturated rings. The molecular weight excluding hydrogens is 245 g/mol. The molecular formula is C12H11ClFNO2. The Balaban J connectivity index is 2.72. The average molecular weight is 256 g/mol. The Bertz CT molecular complexity index is 491. The van der Waals surface area contributed by atoms with E-state index in [0.29, 0.717) is 17.7 Å². The molecule has 2 N–H and O–H groups in total. The smallest absolute Gasteiger partial charge is 0.306 e. The number of carbonyl (C=O) groups excluding carboxylic acids is 1. The maximum Gasteiger partial charge on any atom is 0.306 e. The van der Waals surface area contributed by atoms with Crippen molar-refractivity contribution in [1.29, 1.82) is 0 Å². The van der Waals surface area contributed by atoms with Crippen molar-refractivity contribution in [3.05, 3.63) is 28.5 Å². The number of hydrogen-bond donors (Lipinski definition) is 1. The zero-order chi connectivity index (χ0) is 12.8. The first-order valence-corrected chi connectivity index (χ1v) is 5.22. The number of esters is 1. The largest absolute Gasteiger partial charge is 0.469 e. The summed E-state index contributed by atoms with van der Waals surface area (Å²) in [5.74, 6) is 4.48. The summed E-state index contributed by atoms with van der Waals surface area (Å²) in [6.07, 6.45) is 0.524. The Morgan fingerprint density at radius 3 is 2.94 bits per heavy atom. The summed E-state index contributed by atoms with van der Waals surface area (Å²) >= 11 is 5.54. The van der Waals surface area contributed by atoms with E-state index in [9.17, 15) is 9.18 Å². The number of rotatable bonds is 2. The van der Waals surface area contributed by atoms with Crippen LogP contribution in [0.25, 0.3) is 0 Å². The summed E-state index contributed by atoms with van der Waals surface area (Å²) < 4.78 is 17.6. The number of halogens is 2. The summed E-state index contributed by atoms with van der Waals surface area (Å²) in [6, 6.07) is 2.48. The van der Waals surface area contributed by atoms with Crippen LogP contribution in [0.3, 0.4) is 0 Å². The number of carbonyl (C=O) groups is 1. The average Bonchev–Trinajstić information content (AvgIpc) is 2.30. The van der Waals surface area contributed by atoms with Gasteiger partial charge in [-0.25, -0.2) is 4.39 Å². The van der Waals surface area contributed by atoms with Gasteiger partial charge in [-0.05, 0) is 12.1 Å². The van der Waals surface area contributed by atoms with Crippen molar-refractivity contribution in [2.75, 3.05) is 12.8 Å². The molecule has 17 heavy (non-hydrogen) atoms. The normalized spacial score (nSPS) is 9.35. The van der Waals surface area contributed by atoms with E-state index < -0.39 is 5.82 Å². The van der Waals surface area contributed by atoms with E-state index in [2.05, 4.69) is 16.6 Å². The number of nitrogen functional groups attached to an aromatic ring is 1. The van der Waals surface area contributed by atoms with Crippen LogP contribution in [-0.4, -0.2) is 13.1 Å². The minimum Gasteiger partial charge on any atom is -0.469 e. The van der Waals surface area contributed by atoms with Gasteiger partial charge in [0, 0.05) is 12.1 Å². The van der Waals surface area contributed by atoms with Crippen LogP contribution >= 0.6 is 11.6 Å². The Morgan fingerprint density at radius 1 is 1.59 bits per heavy atom. The Kier molecular flexibility index (Phi) is 4.80. The third kappa shape index (κ3) is 3.97. The molecule has 0 atom stereocenters. The lowest BCUT2D eigenvalue weighted by Crippen LogP contribution is -1.98. The number of benzene rings is 1. The van der Waals surface area contributed by atoms with Crippen LogP contribution in [0, 0.1) is 17.7 Å². The molecule has 0 aliphatic rings. The topological polar surface area (TPSA) is 52.3 Å². The molecule has 0 bridgehead atoms. The summed E-state index contributed by atoms with van der Waals surface area (Å²) in [5, 5.41) is -0.0392. The second kappa shape index (κ2) is 6.12. The molecule has 1 rings (SSSR count). The van der Waals surface area contributed by atoms with Crippen molar-refractivity contribution >= 4 is 23.3 Å². The van der Waals surface area contributed by atoms with E-state index >= 15 is 0 Å². The fraction of sp³-hybridized carbons (Fsp3) is 0.250. The van der Waals surface area contributed by atoms with Crippen LogP contribution in [0.1, 0.15) is 18.4 Å². The van der Waals surface area contributed by atoms with E-state index in [1.54, 1.807) is 0 Å². The van der Waals surface area contributed by atoms with Crippen LogP contribution in [0.15, 0.2) is 12.1 Å². The highest BCUT2D eigenvalue weighted by atomic mass is 35.5. The van der Waals surface area contributed by atoms with Gasteiger partial charge in [0.2, 0.25) is 0 Å². The molecule has 0 saturated heterocycles. The molecule has 0 aliphatic carbocycles. The predicted octanol–water partition coefficient (Wildman–Crippen LogP) is 2.37. The fourth-order valence-electron chi connectivity index (χ4n) is 1.09. The second-order valence-electron chi connectivity index (χ2n) is 3.23. The SMILES string of the molecule is COC(=O)CCC#Cc1cc(F)c(Cl)cc1N. The molecule has 0 aliphatic heterocycles. The number of nitrogens with two attached hydrogens (primary N) is 1. The minimum atomic E-state index is -0.571. The van der Waals surface area contributed by atoms with Crippen molar-refractivity contribution in [2.45, 2.75) is 12.8 Å². The van der Waals surface area contributed by atoms with Crippen molar-refractivity contribution in [1.82, 2.24) is 0 Å². The molecule has 0 saturated carbocycles. The summed E-state index contributed by atoms with van der Waals surface area (Å²) in [6.45, 7) is 0. The van der Waals surface area contributed by atoms with Crippen LogP contribution < -0.4 is 5.73 Å². The van der Waals surface area contributed by atoms with Gasteiger partial charge in [-0.2, -0.15) is 0 Å². The lowest BCUT2D eigenvalue weighted by molar-refractivity contribution is -0.140. The summed E-state index contributed by atoms with van der Waals surface area (Å²) in [4.78, 5) is 10.8. The summed E-state index contributed by atoms with van der Waals surface area (Å²) in [5.41, 5.74) is 6.28. The molecule has 0 amide bonds. The maximum atomic E-state index is 13.1. The zero-order valence-corrected chi connectivity index (χ0v) is 9.97. The quantitative estimate of drug-likeness (QED) is 0.501. The Hall–Kier alpha value is -1.73. The highest BCUT2D eigenvalue weighted by Gasteiger charge is 2.04. The molecule has 0 heterocycles. The van der Waals surface area contributed by atoms with Crippen LogP contribution in [0.2, 0.25) is 5.02 Å². The standard InChI is InChI=1S/C12H11ClFNO2/c1-17-12(16)5-3-2-4-8-6-10(14)9(13)7-11(8)15/h6-7H,3,5,15H2,1H3. The first kappa shape index (κ1) is 13.3. The highest BCUT2D eigenvalue weighted by molar-refractivity contribution is 6.31. The summed E-state index contributed by atoms with van der Waals surface area (Å²) in [7, 11) is 1.31. The highest BCUT2D eigenvalue weighted by Crippen LogP contribution is 2.21. The fourth-order valence-corrected chi connectivity index (χ4v) is 1.27. The van der Waals surface area contributed by atoms with Gasteiger partial charge in [0.25, 0.3) is 0 Å². The lowest BCUT2D eigenvalue weighted by Gasteiger charge is -2.00. The Morgan fingerprint density at radius 2 is 2.29 bits per heavy atom. The molecule has 0 unspecified atom stereocenters. The van der Waals surface area contributed by atoms with Gasteiger partial charge in [0.05, 0.1) is 24.1 Å². The van der Waals surface area contributed by atoms with Crippen molar-refractivity contribution in [3.8, 4) is 11.8 Å². The van der Waals surface area contributed by atoms with Crippen LogP contribution in [0.5, 0.6) is 0 Å². The van der Waals surface area contributed by atoms with E-state index in [0.717, 1.165) is 0 Å². The molecule has 90 valence electrons. The van der Waals surface area contributed by atoms with Crippen molar-refractivity contribution in [3.63, 3.8) is 0 Å². The molecule has 1 aromatic rings. The van der Waals surface area contributed by atoms with Gasteiger partial charge >= 0.3 is 5.97 Å². The van der Waals surface area contributed by atoms with Gasteiger partial charge in [-0.1, -0.05) is 23.4 Å². The van der Waals surface area contributed by atoms with Gasteiger partial charge in [-0.15, -0.1) is 0 Å². The first-order valence-electron chi connectivity index (χ1n) is 4.84. The Labute approximate surface area is 104 Å². The number of ether oxygens (including phenoxy) is 1. The van der Waals surface area contributed by atoms with E-state index in [1.807, 2.05) is 0 Å². The van der Waals surface area contributed by atoms with Gasteiger partial charge < -0.3 is 10.5 Å². The van der Waals surface area contributed by atoms with Gasteiger partial charge in [-0.3, -0.25) is 4.79 Å². The molecule has 0 radical (unpaired) electrons. The molecule has 0 spiro atoms. The van der Waals surface area contributed by atoms with E-state index in [4.69, 9.17) is 17.3 Å².